The van der Waals surface area contributed by atoms with E-state index in [0.717, 1.165) is 31.6 Å². The molecule has 1 amide bonds. The normalized spacial score (nSPS) is 23.6. The average Bonchev–Trinajstić information content (AvgIpc) is 2.32. The number of para-hydroxylation sites is 1. The predicted octanol–water partition coefficient (Wildman–Crippen LogP) is 2.88. The summed E-state index contributed by atoms with van der Waals surface area (Å²) < 4.78 is 26.9. The third-order valence-corrected chi connectivity index (χ3v) is 3.54. The van der Waals surface area contributed by atoms with E-state index in [-0.39, 0.29) is 18.1 Å². The number of carbonyl (C=O) groups excluding carboxylic acids is 1. The third kappa shape index (κ3) is 3.76. The van der Waals surface area contributed by atoms with Gasteiger partial charge in [0.1, 0.15) is 17.3 Å². The summed E-state index contributed by atoms with van der Waals surface area (Å²) in [6.45, 7) is 6.16. The molecule has 2 atom stereocenters. The molecule has 0 spiro atoms. The van der Waals surface area contributed by atoms with Gasteiger partial charge in [-0.3, -0.25) is 9.69 Å². The van der Waals surface area contributed by atoms with Crippen molar-refractivity contribution in [2.45, 2.75) is 20.3 Å². The molecule has 2 unspecified atom stereocenters. The van der Waals surface area contributed by atoms with Crippen molar-refractivity contribution < 1.29 is 13.6 Å². The summed E-state index contributed by atoms with van der Waals surface area (Å²) in [5.41, 5.74) is -0.365. The average molecular weight is 282 g/mol. The van der Waals surface area contributed by atoms with Gasteiger partial charge >= 0.3 is 0 Å². The van der Waals surface area contributed by atoms with E-state index < -0.39 is 11.6 Å². The Kier molecular flexibility index (Phi) is 4.70. The minimum atomic E-state index is -0.751. The van der Waals surface area contributed by atoms with Crippen LogP contribution in [0.15, 0.2) is 18.2 Å². The van der Waals surface area contributed by atoms with E-state index in [1.807, 2.05) is 4.90 Å². The summed E-state index contributed by atoms with van der Waals surface area (Å²) in [6.07, 6.45) is 1.15. The molecular weight excluding hydrogens is 262 g/mol. The van der Waals surface area contributed by atoms with Crippen LogP contribution in [0.3, 0.4) is 0 Å². The lowest BCUT2D eigenvalue weighted by Gasteiger charge is -2.34. The minimum absolute atomic E-state index is 0.169. The molecule has 0 aromatic heterocycles. The second kappa shape index (κ2) is 6.31. The SMILES string of the molecule is CC1CC(C)CN(CC(=O)Nc2c(F)cccc2F)C1. The second-order valence-corrected chi connectivity index (χ2v) is 5.78. The first-order chi connectivity index (χ1) is 9.45. The maximum absolute atomic E-state index is 13.4. The van der Waals surface area contributed by atoms with Crippen LogP contribution in [0, 0.1) is 23.5 Å². The molecule has 1 heterocycles. The van der Waals surface area contributed by atoms with Gasteiger partial charge < -0.3 is 5.32 Å². The Morgan fingerprint density at radius 3 is 2.35 bits per heavy atom. The molecule has 0 saturated carbocycles. The summed E-state index contributed by atoms with van der Waals surface area (Å²) in [5.74, 6) is -0.804. The van der Waals surface area contributed by atoms with Crippen LogP contribution in [-0.2, 0) is 4.79 Å². The summed E-state index contributed by atoms with van der Waals surface area (Å²) in [7, 11) is 0. The van der Waals surface area contributed by atoms with E-state index in [2.05, 4.69) is 19.2 Å². The molecule has 110 valence electrons. The Balaban J connectivity index is 1.95. The van der Waals surface area contributed by atoms with Crippen LogP contribution in [0.5, 0.6) is 0 Å². The number of hydrogen-bond donors (Lipinski definition) is 1. The molecule has 1 saturated heterocycles. The van der Waals surface area contributed by atoms with Gasteiger partial charge in [0.05, 0.1) is 6.54 Å². The fraction of sp³-hybridized carbons (Fsp3) is 0.533. The van der Waals surface area contributed by atoms with E-state index in [4.69, 9.17) is 0 Å². The number of halogens is 2. The van der Waals surface area contributed by atoms with Gasteiger partial charge in [-0.1, -0.05) is 19.9 Å². The van der Waals surface area contributed by atoms with Gasteiger partial charge in [0.2, 0.25) is 5.91 Å². The zero-order valence-corrected chi connectivity index (χ0v) is 11.8. The Morgan fingerprint density at radius 2 is 1.80 bits per heavy atom. The van der Waals surface area contributed by atoms with Crippen LogP contribution in [0.25, 0.3) is 0 Å². The molecule has 0 bridgehead atoms. The molecule has 5 heteroatoms. The summed E-state index contributed by atoms with van der Waals surface area (Å²) >= 11 is 0. The molecule has 1 N–H and O–H groups in total. The fourth-order valence-corrected chi connectivity index (χ4v) is 2.92. The molecule has 1 aliphatic rings. The molecule has 1 aromatic carbocycles. The van der Waals surface area contributed by atoms with Crippen LogP contribution in [0.4, 0.5) is 14.5 Å². The second-order valence-electron chi connectivity index (χ2n) is 5.78. The monoisotopic (exact) mass is 282 g/mol. The minimum Gasteiger partial charge on any atom is -0.320 e. The zero-order valence-electron chi connectivity index (χ0n) is 11.8. The van der Waals surface area contributed by atoms with Crippen molar-refractivity contribution >= 4 is 11.6 Å². The standard InChI is InChI=1S/C15H20F2N2O/c1-10-6-11(2)8-19(7-10)9-14(20)18-15-12(16)4-3-5-13(15)17/h3-5,10-11H,6-9H2,1-2H3,(H,18,20). The molecule has 20 heavy (non-hydrogen) atoms. The molecule has 0 radical (unpaired) electrons. The van der Waals surface area contributed by atoms with E-state index in [0.29, 0.717) is 11.8 Å². The largest absolute Gasteiger partial charge is 0.320 e. The lowest BCUT2D eigenvalue weighted by molar-refractivity contribution is -0.118. The van der Waals surface area contributed by atoms with Gasteiger partial charge in [-0.05, 0) is 30.4 Å². The van der Waals surface area contributed by atoms with Crippen molar-refractivity contribution in [1.29, 1.82) is 0 Å². The highest BCUT2D eigenvalue weighted by atomic mass is 19.1. The molecule has 2 rings (SSSR count). The molecule has 0 aliphatic carbocycles. The number of piperidine rings is 1. The molecule has 1 aliphatic heterocycles. The smallest absolute Gasteiger partial charge is 0.238 e. The van der Waals surface area contributed by atoms with Crippen molar-refractivity contribution in [1.82, 2.24) is 4.90 Å². The highest BCUT2D eigenvalue weighted by molar-refractivity contribution is 5.92. The van der Waals surface area contributed by atoms with E-state index in [9.17, 15) is 13.6 Å². The maximum atomic E-state index is 13.4. The van der Waals surface area contributed by atoms with Crippen LogP contribution in [0.1, 0.15) is 20.3 Å². The maximum Gasteiger partial charge on any atom is 0.238 e. The van der Waals surface area contributed by atoms with Crippen molar-refractivity contribution in [3.05, 3.63) is 29.8 Å². The summed E-state index contributed by atoms with van der Waals surface area (Å²) in [6, 6.07) is 3.53. The first-order valence-electron chi connectivity index (χ1n) is 6.92. The number of benzene rings is 1. The zero-order chi connectivity index (χ0) is 14.7. The van der Waals surface area contributed by atoms with Gasteiger partial charge in [0.15, 0.2) is 0 Å². The Bertz CT molecular complexity index is 463. The lowest BCUT2D eigenvalue weighted by Crippen LogP contribution is -2.43. The van der Waals surface area contributed by atoms with Gasteiger partial charge in [-0.2, -0.15) is 0 Å². The fourth-order valence-electron chi connectivity index (χ4n) is 2.92. The van der Waals surface area contributed by atoms with Gasteiger partial charge in [-0.15, -0.1) is 0 Å². The Hall–Kier alpha value is -1.49. The number of nitrogens with zero attached hydrogens (tertiary/aromatic N) is 1. The molecule has 1 aromatic rings. The number of likely N-dealkylation sites (tertiary alicyclic amines) is 1. The predicted molar refractivity (Wildman–Crippen MR) is 74.4 cm³/mol. The summed E-state index contributed by atoms with van der Waals surface area (Å²) in [5, 5.41) is 2.32. The number of nitrogens with one attached hydrogen (secondary N) is 1. The lowest BCUT2D eigenvalue weighted by atomic mass is 9.92. The summed E-state index contributed by atoms with van der Waals surface area (Å²) in [4.78, 5) is 13.9. The molecule has 3 nitrogen and oxygen atoms in total. The van der Waals surface area contributed by atoms with Crippen molar-refractivity contribution in [2.75, 3.05) is 25.0 Å². The number of rotatable bonds is 3. The Morgan fingerprint density at radius 1 is 1.25 bits per heavy atom. The van der Waals surface area contributed by atoms with Crippen LogP contribution >= 0.6 is 0 Å². The van der Waals surface area contributed by atoms with Crippen LogP contribution in [-0.4, -0.2) is 30.4 Å². The van der Waals surface area contributed by atoms with E-state index in [1.165, 1.54) is 6.07 Å². The van der Waals surface area contributed by atoms with Gasteiger partial charge in [-0.25, -0.2) is 8.78 Å². The molecular formula is C15H20F2N2O. The number of amides is 1. The van der Waals surface area contributed by atoms with Crippen LogP contribution < -0.4 is 5.32 Å². The topological polar surface area (TPSA) is 32.3 Å². The number of hydrogen-bond acceptors (Lipinski definition) is 2. The Labute approximate surface area is 118 Å². The number of anilines is 1. The van der Waals surface area contributed by atoms with Crippen molar-refractivity contribution in [3.8, 4) is 0 Å². The quantitative estimate of drug-likeness (QED) is 0.924. The highest BCUT2D eigenvalue weighted by Crippen LogP contribution is 2.21. The number of carbonyl (C=O) groups is 1. The van der Waals surface area contributed by atoms with Crippen molar-refractivity contribution in [2.24, 2.45) is 11.8 Å². The van der Waals surface area contributed by atoms with Gasteiger partial charge in [0.25, 0.3) is 0 Å². The third-order valence-electron chi connectivity index (χ3n) is 3.54. The first kappa shape index (κ1) is 14.9. The van der Waals surface area contributed by atoms with E-state index in [1.54, 1.807) is 0 Å². The van der Waals surface area contributed by atoms with Crippen molar-refractivity contribution in [3.63, 3.8) is 0 Å². The van der Waals surface area contributed by atoms with E-state index >= 15 is 0 Å². The highest BCUT2D eigenvalue weighted by Gasteiger charge is 2.23. The first-order valence-corrected chi connectivity index (χ1v) is 6.92. The van der Waals surface area contributed by atoms with Crippen LogP contribution in [0.2, 0.25) is 0 Å². The van der Waals surface area contributed by atoms with Gasteiger partial charge in [0, 0.05) is 13.1 Å². The molecule has 1 fully saturated rings.